The number of rotatable bonds is 6. The van der Waals surface area contributed by atoms with E-state index in [1.165, 1.54) is 28.8 Å². The molecule has 0 bridgehead atoms. The number of anilines is 1. The fourth-order valence-electron chi connectivity index (χ4n) is 4.54. The van der Waals surface area contributed by atoms with Gasteiger partial charge in [-0.3, -0.25) is 19.7 Å². The highest BCUT2D eigenvalue weighted by atomic mass is 19.1. The van der Waals surface area contributed by atoms with E-state index in [0.717, 1.165) is 12.0 Å². The normalized spacial score (nSPS) is 14.1. The average Bonchev–Trinajstić information content (AvgIpc) is 2.82. The van der Waals surface area contributed by atoms with Crippen LogP contribution in [0.1, 0.15) is 36.2 Å². The minimum absolute atomic E-state index is 0.219. The van der Waals surface area contributed by atoms with Gasteiger partial charge in [0.15, 0.2) is 0 Å². The lowest BCUT2D eigenvalue weighted by Crippen LogP contribution is -2.49. The Labute approximate surface area is 202 Å². The van der Waals surface area contributed by atoms with Crippen LogP contribution in [-0.4, -0.2) is 46.5 Å². The molecule has 184 valence electrons. The molecule has 1 aliphatic heterocycles. The number of nitro groups is 1. The number of halogens is 1. The Bertz CT molecular complexity index is 1330. The third-order valence-electron chi connectivity index (χ3n) is 6.46. The molecule has 0 saturated carbocycles. The fourth-order valence-corrected chi connectivity index (χ4v) is 4.54. The smallest absolute Gasteiger partial charge is 0.357 e. The molecule has 8 nitrogen and oxygen atoms in total. The van der Waals surface area contributed by atoms with Crippen molar-refractivity contribution >= 4 is 28.2 Å². The third kappa shape index (κ3) is 4.89. The minimum atomic E-state index is -0.605. The Morgan fingerprint density at radius 3 is 2.34 bits per heavy atom. The second-order valence-corrected chi connectivity index (χ2v) is 9.40. The molecule has 2 aromatic carbocycles. The van der Waals surface area contributed by atoms with Gasteiger partial charge in [0, 0.05) is 43.7 Å². The van der Waals surface area contributed by atoms with Crippen molar-refractivity contribution in [2.24, 2.45) is 5.92 Å². The number of hydrogen-bond acceptors (Lipinski definition) is 5. The van der Waals surface area contributed by atoms with Crippen LogP contribution in [0.4, 0.5) is 15.8 Å². The first-order chi connectivity index (χ1) is 16.7. The summed E-state index contributed by atoms with van der Waals surface area (Å²) in [7, 11) is 0. The van der Waals surface area contributed by atoms with Crippen molar-refractivity contribution in [3.63, 3.8) is 0 Å². The Hall–Kier alpha value is -3.75. The summed E-state index contributed by atoms with van der Waals surface area (Å²) in [6.45, 7) is 7.75. The van der Waals surface area contributed by atoms with Crippen LogP contribution >= 0.6 is 0 Å². The molecule has 0 aliphatic carbocycles. The highest BCUT2D eigenvalue weighted by Gasteiger charge is 2.32. The fraction of sp³-hybridized carbons (Fsp3) is 0.385. The molecule has 2 heterocycles. The highest BCUT2D eigenvalue weighted by molar-refractivity contribution is 5.98. The first-order valence-electron chi connectivity index (χ1n) is 11.8. The van der Waals surface area contributed by atoms with E-state index >= 15 is 0 Å². The molecule has 35 heavy (non-hydrogen) atoms. The van der Waals surface area contributed by atoms with Crippen molar-refractivity contribution in [3.05, 3.63) is 79.9 Å². The van der Waals surface area contributed by atoms with Crippen molar-refractivity contribution in [2.75, 3.05) is 31.1 Å². The molecule has 1 saturated heterocycles. The molecule has 0 N–H and O–H groups in total. The third-order valence-corrected chi connectivity index (χ3v) is 6.46. The van der Waals surface area contributed by atoms with Gasteiger partial charge in [-0.25, -0.2) is 4.39 Å². The van der Waals surface area contributed by atoms with Crippen LogP contribution in [0.3, 0.4) is 0 Å². The summed E-state index contributed by atoms with van der Waals surface area (Å²) < 4.78 is 14.7. The molecule has 1 fully saturated rings. The van der Waals surface area contributed by atoms with Gasteiger partial charge in [-0.1, -0.05) is 25.5 Å². The largest absolute Gasteiger partial charge is 0.362 e. The van der Waals surface area contributed by atoms with Gasteiger partial charge in [-0.15, -0.1) is 0 Å². The molecule has 4 rings (SSSR count). The lowest BCUT2D eigenvalue weighted by Gasteiger charge is -2.36. The number of benzene rings is 2. The zero-order valence-electron chi connectivity index (χ0n) is 20.2. The van der Waals surface area contributed by atoms with Gasteiger partial charge < -0.3 is 14.4 Å². The van der Waals surface area contributed by atoms with E-state index in [-0.39, 0.29) is 5.91 Å². The number of piperazine rings is 1. The number of aromatic nitrogens is 1. The zero-order chi connectivity index (χ0) is 25.3. The summed E-state index contributed by atoms with van der Waals surface area (Å²) in [6.07, 6.45) is 0.726. The maximum Gasteiger partial charge on any atom is 0.357 e. The molecule has 9 heteroatoms. The van der Waals surface area contributed by atoms with E-state index in [4.69, 9.17) is 0 Å². The number of pyridine rings is 1. The predicted molar refractivity (Wildman–Crippen MR) is 134 cm³/mol. The number of nitrogens with zero attached hydrogens (tertiary/aromatic N) is 4. The van der Waals surface area contributed by atoms with Crippen LogP contribution in [0.15, 0.2) is 47.3 Å². The Morgan fingerprint density at radius 2 is 1.74 bits per heavy atom. The van der Waals surface area contributed by atoms with Crippen molar-refractivity contribution < 1.29 is 14.1 Å². The van der Waals surface area contributed by atoms with Gasteiger partial charge in [0.2, 0.25) is 0 Å². The van der Waals surface area contributed by atoms with Crippen LogP contribution < -0.4 is 10.5 Å². The van der Waals surface area contributed by atoms with Gasteiger partial charge in [0.25, 0.3) is 5.91 Å². The number of hydrogen-bond donors (Lipinski definition) is 0. The van der Waals surface area contributed by atoms with E-state index in [9.17, 15) is 24.1 Å². The van der Waals surface area contributed by atoms with E-state index in [1.54, 1.807) is 4.90 Å². The van der Waals surface area contributed by atoms with Crippen LogP contribution in [0.25, 0.3) is 10.9 Å². The maximum absolute atomic E-state index is 13.4. The Kier molecular flexibility index (Phi) is 6.86. The lowest BCUT2D eigenvalue weighted by molar-refractivity contribution is -0.385. The van der Waals surface area contributed by atoms with Gasteiger partial charge >= 0.3 is 11.2 Å². The molecule has 1 amide bonds. The molecule has 3 aromatic rings. The van der Waals surface area contributed by atoms with Gasteiger partial charge in [-0.05, 0) is 55.7 Å². The first-order valence-corrected chi connectivity index (χ1v) is 11.8. The van der Waals surface area contributed by atoms with Gasteiger partial charge in [0.05, 0.1) is 10.4 Å². The van der Waals surface area contributed by atoms with Crippen LogP contribution in [0.2, 0.25) is 0 Å². The second-order valence-electron chi connectivity index (χ2n) is 9.40. The predicted octanol–water partition coefficient (Wildman–Crippen LogP) is 4.37. The molecule has 0 unspecified atom stereocenters. The average molecular weight is 481 g/mol. The highest BCUT2D eigenvalue weighted by Crippen LogP contribution is 2.35. The summed E-state index contributed by atoms with van der Waals surface area (Å²) in [5.74, 6) is -0.291. The Balaban J connectivity index is 1.72. The van der Waals surface area contributed by atoms with Crippen molar-refractivity contribution in [3.8, 4) is 0 Å². The van der Waals surface area contributed by atoms with Crippen molar-refractivity contribution in [2.45, 2.75) is 33.7 Å². The molecule has 0 radical (unpaired) electrons. The number of fused-ring (bicyclic) bond motifs is 1. The second kappa shape index (κ2) is 9.85. The molecular weight excluding hydrogens is 451 g/mol. The topological polar surface area (TPSA) is 88.7 Å². The molecule has 0 spiro atoms. The summed E-state index contributed by atoms with van der Waals surface area (Å²) >= 11 is 0. The summed E-state index contributed by atoms with van der Waals surface area (Å²) in [5, 5.41) is 12.8. The van der Waals surface area contributed by atoms with Gasteiger partial charge in [-0.2, -0.15) is 0 Å². The lowest BCUT2D eigenvalue weighted by atomic mass is 10.1. The minimum Gasteiger partial charge on any atom is -0.362 e. The molecular formula is C26H29FN4O4. The van der Waals surface area contributed by atoms with Gasteiger partial charge in [0.1, 0.15) is 11.5 Å². The van der Waals surface area contributed by atoms with Crippen LogP contribution in [0.5, 0.6) is 0 Å². The van der Waals surface area contributed by atoms with Crippen molar-refractivity contribution in [1.29, 1.82) is 0 Å². The quantitative estimate of drug-likeness (QED) is 0.386. The molecule has 0 atom stereocenters. The maximum atomic E-state index is 13.4. The SMILES string of the molecule is Cc1ccc2c(c1)c(N1CCN(C(=O)c3ccc(F)cc3)CC1)c([N+](=O)[O-])c(=O)n2CCC(C)C. The standard InChI is InChI=1S/C26H29FN4O4/c1-17(2)10-11-30-22-9-4-18(3)16-21(22)23(24(26(30)33)31(34)35)28-12-14-29(15-13-28)25(32)19-5-7-20(27)8-6-19/h4-9,16-17H,10-15H2,1-3H3. The number of aryl methyl sites for hydroxylation is 2. The van der Waals surface area contributed by atoms with E-state index < -0.39 is 22.0 Å². The van der Waals surface area contributed by atoms with E-state index in [1.807, 2.05) is 43.9 Å². The summed E-state index contributed by atoms with van der Waals surface area (Å²) in [4.78, 5) is 41.3. The van der Waals surface area contributed by atoms with Crippen LogP contribution in [0, 0.1) is 28.8 Å². The number of carbonyl (C=O) groups excluding carboxylic acids is 1. The Morgan fingerprint density at radius 1 is 1.09 bits per heavy atom. The summed E-state index contributed by atoms with van der Waals surface area (Å²) in [6, 6.07) is 11.0. The monoisotopic (exact) mass is 480 g/mol. The zero-order valence-corrected chi connectivity index (χ0v) is 20.2. The van der Waals surface area contributed by atoms with Crippen LogP contribution in [-0.2, 0) is 6.54 Å². The van der Waals surface area contributed by atoms with Crippen molar-refractivity contribution in [1.82, 2.24) is 9.47 Å². The van der Waals surface area contributed by atoms with E-state index in [0.29, 0.717) is 60.8 Å². The summed E-state index contributed by atoms with van der Waals surface area (Å²) in [5.41, 5.74) is 1.28. The number of carbonyl (C=O) groups is 1. The number of amides is 1. The molecule has 1 aromatic heterocycles. The first kappa shape index (κ1) is 24.4. The molecule has 1 aliphatic rings. The van der Waals surface area contributed by atoms with E-state index in [2.05, 4.69) is 0 Å².